The molecule has 1 fully saturated rings. The van der Waals surface area contributed by atoms with Gasteiger partial charge in [0.05, 0.1) is 33.0 Å². The van der Waals surface area contributed by atoms with E-state index in [2.05, 4.69) is 101 Å². The van der Waals surface area contributed by atoms with E-state index >= 15 is 0 Å². The molecule has 1 aromatic rings. The number of rotatable bonds is 34. The number of phosphoric acid groups is 2. The van der Waals surface area contributed by atoms with Gasteiger partial charge in [-0.2, -0.15) is 9.29 Å². The number of nitrogens with zero attached hydrogens (tertiary/aromatic N) is 2. The fourth-order valence-corrected chi connectivity index (χ4v) is 9.19. The van der Waals surface area contributed by atoms with Crippen molar-refractivity contribution in [3.05, 3.63) is 116 Å². The number of ether oxygens (including phenoxy) is 3. The lowest BCUT2D eigenvalue weighted by Crippen LogP contribution is -2.36. The normalized spacial score (nSPS) is 20.8. The second-order valence-corrected chi connectivity index (χ2v) is 21.8. The minimum absolute atomic E-state index is 0.0396. The van der Waals surface area contributed by atoms with Crippen molar-refractivity contribution in [2.45, 2.75) is 177 Å². The van der Waals surface area contributed by atoms with E-state index in [0.29, 0.717) is 0 Å². The van der Waals surface area contributed by atoms with Crippen LogP contribution in [0.3, 0.4) is 0 Å². The molecule has 0 bridgehead atoms. The van der Waals surface area contributed by atoms with Crippen LogP contribution >= 0.6 is 15.6 Å². The van der Waals surface area contributed by atoms with Crippen molar-refractivity contribution < 1.29 is 56.7 Å². The highest BCUT2D eigenvalue weighted by Gasteiger charge is 2.46. The first-order valence-electron chi connectivity index (χ1n) is 24.4. The summed E-state index contributed by atoms with van der Waals surface area (Å²) in [7, 11) is -10.6. The third kappa shape index (κ3) is 28.0. The molecule has 1 aliphatic rings. The summed E-state index contributed by atoms with van der Waals surface area (Å²) < 4.78 is 58.6. The Balaban J connectivity index is 1.99. The van der Waals surface area contributed by atoms with Crippen molar-refractivity contribution in [1.29, 1.82) is 0 Å². The largest absolute Gasteiger partial charge is 0.481 e. The maximum Gasteiger partial charge on any atom is 0.481 e. The van der Waals surface area contributed by atoms with E-state index < -0.39 is 65.2 Å². The van der Waals surface area contributed by atoms with Gasteiger partial charge in [-0.05, 0) is 152 Å². The van der Waals surface area contributed by atoms with Gasteiger partial charge in [0, 0.05) is 6.20 Å². The molecular formula is C52H85N3O13P2. The number of aromatic nitrogens is 2. The molecule has 1 saturated heterocycles. The number of aliphatic hydroxyl groups excluding tert-OH is 2. The molecule has 2 heterocycles. The van der Waals surface area contributed by atoms with Gasteiger partial charge >= 0.3 is 21.3 Å². The minimum Gasteiger partial charge on any atom is -0.387 e. The molecular weight excluding hydrogens is 937 g/mol. The standard InChI is InChI=1S/C52H85N3O13P2/c1-38(2)17-11-19-40(5)21-13-23-42(7)25-15-27-44(9)30-33-63-35-46(64-34-31-45(10)28-16-26-43(8)24-14-22-41(6)20-12-18-39(3)4)36-65-69(59,60)68-70(61,62)66-37-47-49(56)50(57)51(67-47)55-32-29-48(53)54-52(55)58/h17-18,21-22,25-26,29-32,46-47,49-51,56-57H,11-16,19-20,23-24,27-28,33-37H2,1-10H3,(H,59,60)(H,61,62)(H2,53,54,58)/b40-21+,41-22+,42-25+,43-26+,44-30+,45-31+/t46?,47-,49?,50?,51-/m1/s1. The molecule has 0 amide bonds. The molecule has 1 aliphatic heterocycles. The summed E-state index contributed by atoms with van der Waals surface area (Å²) in [5.74, 6) is -0.0797. The lowest BCUT2D eigenvalue weighted by molar-refractivity contribution is -0.0545. The first-order chi connectivity index (χ1) is 33.0. The molecule has 0 saturated carbocycles. The molecule has 2 rings (SSSR count). The average Bonchev–Trinajstić information content (AvgIpc) is 3.54. The molecule has 5 unspecified atom stereocenters. The second kappa shape index (κ2) is 33.4. The number of nitrogen functional groups attached to an aromatic ring is 1. The number of hydrogen-bond acceptors (Lipinski definition) is 13. The number of phosphoric ester groups is 2. The molecule has 0 spiro atoms. The molecule has 396 valence electrons. The Morgan fingerprint density at radius 1 is 0.657 bits per heavy atom. The fraction of sp³-hybridized carbons (Fsp3) is 0.615. The van der Waals surface area contributed by atoms with Gasteiger partial charge in [0.1, 0.15) is 30.2 Å². The van der Waals surface area contributed by atoms with Gasteiger partial charge < -0.3 is 39.9 Å². The van der Waals surface area contributed by atoms with Crippen LogP contribution in [0.15, 0.2) is 110 Å². The summed E-state index contributed by atoms with van der Waals surface area (Å²) in [5.41, 5.74) is 15.1. The first-order valence-corrected chi connectivity index (χ1v) is 27.4. The van der Waals surface area contributed by atoms with Crippen LogP contribution in [0.1, 0.15) is 153 Å². The van der Waals surface area contributed by atoms with E-state index in [1.54, 1.807) is 0 Å². The van der Waals surface area contributed by atoms with Gasteiger partial charge in [0.15, 0.2) is 6.23 Å². The van der Waals surface area contributed by atoms with Gasteiger partial charge in [0.2, 0.25) is 0 Å². The van der Waals surface area contributed by atoms with Crippen LogP contribution in [0.4, 0.5) is 5.82 Å². The Labute approximate surface area is 418 Å². The average molecular weight is 1020 g/mol. The Hall–Kier alpha value is -3.34. The van der Waals surface area contributed by atoms with Crippen LogP contribution in [0, 0.1) is 0 Å². The zero-order valence-corrected chi connectivity index (χ0v) is 45.3. The summed E-state index contributed by atoms with van der Waals surface area (Å²) in [6.45, 7) is 20.1. The molecule has 16 nitrogen and oxygen atoms in total. The summed E-state index contributed by atoms with van der Waals surface area (Å²) >= 11 is 0. The fourth-order valence-electron chi connectivity index (χ4n) is 7.08. The van der Waals surface area contributed by atoms with E-state index in [1.807, 2.05) is 26.0 Å². The van der Waals surface area contributed by atoms with Crippen molar-refractivity contribution in [1.82, 2.24) is 9.55 Å². The molecule has 0 aromatic carbocycles. The van der Waals surface area contributed by atoms with Gasteiger partial charge in [-0.15, -0.1) is 0 Å². The predicted molar refractivity (Wildman–Crippen MR) is 279 cm³/mol. The van der Waals surface area contributed by atoms with E-state index in [9.17, 15) is 33.9 Å². The van der Waals surface area contributed by atoms with Crippen LogP contribution in [0.5, 0.6) is 0 Å². The lowest BCUT2D eigenvalue weighted by Gasteiger charge is -2.21. The van der Waals surface area contributed by atoms with Crippen LogP contribution in [0.25, 0.3) is 0 Å². The summed E-state index contributed by atoms with van der Waals surface area (Å²) in [4.78, 5) is 36.7. The van der Waals surface area contributed by atoms with E-state index in [4.69, 9.17) is 29.0 Å². The topological polar surface area (TPSA) is 231 Å². The minimum atomic E-state index is -5.34. The SMILES string of the molecule is CC(C)=CCC/C(C)=C/CC/C(C)=C/CC/C(C)=C/COCC(COP(=O)(O)OP(=O)(O)OC[C@H]1O[C@@H](n2ccc(N)nc2=O)C(O)C1O)OC/C=C(\C)CC/C=C(\C)CC/C=C(\C)CCC=C(C)C. The maximum absolute atomic E-state index is 13.0. The van der Waals surface area contributed by atoms with Gasteiger partial charge in [-0.25, -0.2) is 13.9 Å². The second-order valence-electron chi connectivity index (χ2n) is 18.8. The third-order valence-corrected chi connectivity index (χ3v) is 14.0. The number of nitrogens with two attached hydrogens (primary N) is 1. The van der Waals surface area contributed by atoms with Crippen molar-refractivity contribution in [3.63, 3.8) is 0 Å². The van der Waals surface area contributed by atoms with Crippen LogP contribution in [0.2, 0.25) is 0 Å². The Kier molecular flexibility index (Phi) is 30.0. The Bertz CT molecular complexity index is 2170. The van der Waals surface area contributed by atoms with Gasteiger partial charge in [-0.1, -0.05) is 93.2 Å². The van der Waals surface area contributed by atoms with E-state index in [0.717, 1.165) is 92.8 Å². The van der Waals surface area contributed by atoms with Crippen LogP contribution in [-0.2, 0) is 36.7 Å². The zero-order valence-electron chi connectivity index (χ0n) is 43.5. The molecule has 6 N–H and O–H groups in total. The smallest absolute Gasteiger partial charge is 0.387 e. The molecule has 70 heavy (non-hydrogen) atoms. The van der Waals surface area contributed by atoms with Crippen molar-refractivity contribution >= 4 is 21.5 Å². The molecule has 18 heteroatoms. The van der Waals surface area contributed by atoms with Crippen molar-refractivity contribution in [2.75, 3.05) is 38.8 Å². The number of allylic oxidation sites excluding steroid dienone is 14. The Morgan fingerprint density at radius 3 is 1.54 bits per heavy atom. The summed E-state index contributed by atoms with van der Waals surface area (Å²) in [5, 5.41) is 21.0. The summed E-state index contributed by atoms with van der Waals surface area (Å²) in [6, 6.07) is 1.27. The van der Waals surface area contributed by atoms with Crippen LogP contribution in [-0.4, -0.2) is 87.0 Å². The van der Waals surface area contributed by atoms with E-state index in [1.165, 1.54) is 45.7 Å². The molecule has 1 aromatic heterocycles. The third-order valence-electron chi connectivity index (χ3n) is 11.4. The molecule has 0 radical (unpaired) electrons. The molecule has 7 atom stereocenters. The highest BCUT2D eigenvalue weighted by Crippen LogP contribution is 2.60. The zero-order chi connectivity index (χ0) is 52.3. The van der Waals surface area contributed by atoms with E-state index in [-0.39, 0.29) is 25.6 Å². The quantitative estimate of drug-likeness (QED) is 0.0245. The van der Waals surface area contributed by atoms with Crippen molar-refractivity contribution in [3.8, 4) is 0 Å². The number of aliphatic hydroxyl groups is 2. The maximum atomic E-state index is 13.0. The Morgan fingerprint density at radius 2 is 1.09 bits per heavy atom. The summed E-state index contributed by atoms with van der Waals surface area (Å²) in [6.07, 6.45) is 23.4. The number of anilines is 1. The number of hydrogen-bond donors (Lipinski definition) is 5. The highest BCUT2D eigenvalue weighted by molar-refractivity contribution is 7.61. The first kappa shape index (κ1) is 62.8. The van der Waals surface area contributed by atoms with Crippen molar-refractivity contribution in [2.24, 2.45) is 0 Å². The van der Waals surface area contributed by atoms with Crippen LogP contribution < -0.4 is 11.4 Å². The van der Waals surface area contributed by atoms with Gasteiger partial charge in [-0.3, -0.25) is 13.6 Å². The monoisotopic (exact) mass is 1020 g/mol. The lowest BCUT2D eigenvalue weighted by atomic mass is 10.0. The predicted octanol–water partition coefficient (Wildman–Crippen LogP) is 11.4. The molecule has 0 aliphatic carbocycles. The highest BCUT2D eigenvalue weighted by atomic mass is 31.3. The van der Waals surface area contributed by atoms with Gasteiger partial charge in [0.25, 0.3) is 0 Å².